The van der Waals surface area contributed by atoms with Crippen molar-refractivity contribution in [3.05, 3.63) is 23.3 Å². The highest BCUT2D eigenvalue weighted by Crippen LogP contribution is 2.25. The lowest BCUT2D eigenvalue weighted by atomic mass is 10.1. The molecule has 0 fully saturated rings. The van der Waals surface area contributed by atoms with Gasteiger partial charge >= 0.3 is 0 Å². The summed E-state index contributed by atoms with van der Waals surface area (Å²) < 4.78 is 5.36. The van der Waals surface area contributed by atoms with Crippen molar-refractivity contribution in [1.82, 2.24) is 0 Å². The SMILES string of the molecule is CCOc1cc(C)c(N)cc1C(C)=O. The van der Waals surface area contributed by atoms with Gasteiger partial charge in [-0.3, -0.25) is 4.79 Å². The van der Waals surface area contributed by atoms with E-state index >= 15 is 0 Å². The van der Waals surface area contributed by atoms with Crippen molar-refractivity contribution in [3.8, 4) is 5.75 Å². The quantitative estimate of drug-likeness (QED) is 0.591. The number of nitrogen functional groups attached to an aromatic ring is 1. The number of nitrogens with two attached hydrogens (primary N) is 1. The molecule has 2 N–H and O–H groups in total. The van der Waals surface area contributed by atoms with Crippen LogP contribution in [0.3, 0.4) is 0 Å². The number of anilines is 1. The molecule has 1 aromatic rings. The number of carbonyl (C=O) groups excluding carboxylic acids is 1. The molecule has 0 atom stereocenters. The zero-order chi connectivity index (χ0) is 10.7. The monoisotopic (exact) mass is 193 g/mol. The Morgan fingerprint density at radius 2 is 2.14 bits per heavy atom. The Labute approximate surface area is 83.9 Å². The lowest BCUT2D eigenvalue weighted by molar-refractivity contribution is 0.101. The summed E-state index contributed by atoms with van der Waals surface area (Å²) >= 11 is 0. The summed E-state index contributed by atoms with van der Waals surface area (Å²) in [5.41, 5.74) is 7.82. The molecule has 1 aromatic carbocycles. The van der Waals surface area contributed by atoms with Crippen molar-refractivity contribution in [2.45, 2.75) is 20.8 Å². The lowest BCUT2D eigenvalue weighted by Crippen LogP contribution is -2.03. The summed E-state index contributed by atoms with van der Waals surface area (Å²) in [4.78, 5) is 11.3. The molecule has 0 heterocycles. The van der Waals surface area contributed by atoms with Crippen molar-refractivity contribution >= 4 is 11.5 Å². The minimum Gasteiger partial charge on any atom is -0.493 e. The molecular weight excluding hydrogens is 178 g/mol. The number of Topliss-reactive ketones (excluding diaryl/α,β-unsaturated/α-hetero) is 1. The van der Waals surface area contributed by atoms with Crippen molar-refractivity contribution in [2.75, 3.05) is 12.3 Å². The zero-order valence-corrected chi connectivity index (χ0v) is 8.76. The van der Waals surface area contributed by atoms with Gasteiger partial charge in [-0.05, 0) is 38.5 Å². The highest BCUT2D eigenvalue weighted by Gasteiger charge is 2.10. The van der Waals surface area contributed by atoms with E-state index in [9.17, 15) is 4.79 Å². The molecule has 0 aliphatic rings. The van der Waals surface area contributed by atoms with Crippen LogP contribution in [0, 0.1) is 6.92 Å². The first-order chi connectivity index (χ1) is 6.56. The Bertz CT molecular complexity index is 359. The zero-order valence-electron chi connectivity index (χ0n) is 8.76. The van der Waals surface area contributed by atoms with E-state index in [4.69, 9.17) is 10.5 Å². The summed E-state index contributed by atoms with van der Waals surface area (Å²) in [6.45, 7) is 5.83. The van der Waals surface area contributed by atoms with Gasteiger partial charge < -0.3 is 10.5 Å². The van der Waals surface area contributed by atoms with E-state index in [1.165, 1.54) is 6.92 Å². The van der Waals surface area contributed by atoms with Crippen LogP contribution in [-0.2, 0) is 0 Å². The van der Waals surface area contributed by atoms with Gasteiger partial charge in [-0.15, -0.1) is 0 Å². The number of aryl methyl sites for hydroxylation is 1. The highest BCUT2D eigenvalue weighted by molar-refractivity contribution is 5.98. The van der Waals surface area contributed by atoms with Gasteiger partial charge in [0.15, 0.2) is 5.78 Å². The van der Waals surface area contributed by atoms with E-state index in [1.807, 2.05) is 13.8 Å². The Hall–Kier alpha value is -1.51. The molecular formula is C11H15NO2. The van der Waals surface area contributed by atoms with E-state index in [1.54, 1.807) is 12.1 Å². The fourth-order valence-electron chi connectivity index (χ4n) is 1.25. The topological polar surface area (TPSA) is 52.3 Å². The maximum Gasteiger partial charge on any atom is 0.163 e. The number of rotatable bonds is 3. The van der Waals surface area contributed by atoms with Crippen LogP contribution < -0.4 is 10.5 Å². The second-order valence-corrected chi connectivity index (χ2v) is 3.19. The smallest absolute Gasteiger partial charge is 0.163 e. The predicted octanol–water partition coefficient (Wildman–Crippen LogP) is 2.18. The van der Waals surface area contributed by atoms with E-state index in [2.05, 4.69) is 0 Å². The molecule has 0 spiro atoms. The molecule has 0 saturated heterocycles. The lowest BCUT2D eigenvalue weighted by Gasteiger charge is -2.10. The Morgan fingerprint density at radius 1 is 1.50 bits per heavy atom. The molecule has 0 amide bonds. The molecule has 0 radical (unpaired) electrons. The summed E-state index contributed by atoms with van der Waals surface area (Å²) in [5, 5.41) is 0. The normalized spacial score (nSPS) is 9.93. The van der Waals surface area contributed by atoms with Gasteiger partial charge in [0.1, 0.15) is 5.75 Å². The maximum atomic E-state index is 11.3. The molecule has 0 aromatic heterocycles. The largest absolute Gasteiger partial charge is 0.493 e. The Morgan fingerprint density at radius 3 is 2.64 bits per heavy atom. The van der Waals surface area contributed by atoms with Crippen molar-refractivity contribution in [2.24, 2.45) is 0 Å². The number of hydrogen-bond donors (Lipinski definition) is 1. The molecule has 0 unspecified atom stereocenters. The van der Waals surface area contributed by atoms with Gasteiger partial charge in [0.2, 0.25) is 0 Å². The summed E-state index contributed by atoms with van der Waals surface area (Å²) in [6.07, 6.45) is 0. The van der Waals surface area contributed by atoms with Gasteiger partial charge in [0, 0.05) is 5.69 Å². The van der Waals surface area contributed by atoms with E-state index in [0.29, 0.717) is 23.6 Å². The fraction of sp³-hybridized carbons (Fsp3) is 0.364. The van der Waals surface area contributed by atoms with Crippen LogP contribution in [0.15, 0.2) is 12.1 Å². The van der Waals surface area contributed by atoms with Crippen LogP contribution in [-0.4, -0.2) is 12.4 Å². The van der Waals surface area contributed by atoms with Crippen molar-refractivity contribution < 1.29 is 9.53 Å². The summed E-state index contributed by atoms with van der Waals surface area (Å²) in [7, 11) is 0. The Balaban J connectivity index is 3.24. The van der Waals surface area contributed by atoms with Crippen LogP contribution >= 0.6 is 0 Å². The second kappa shape index (κ2) is 4.13. The average Bonchev–Trinajstić information content (AvgIpc) is 2.11. The number of carbonyl (C=O) groups is 1. The van der Waals surface area contributed by atoms with Crippen LogP contribution in [0.25, 0.3) is 0 Å². The van der Waals surface area contributed by atoms with E-state index in [0.717, 1.165) is 5.56 Å². The van der Waals surface area contributed by atoms with Gasteiger partial charge in [0.05, 0.1) is 12.2 Å². The van der Waals surface area contributed by atoms with Crippen LogP contribution in [0.4, 0.5) is 5.69 Å². The number of benzene rings is 1. The molecule has 3 nitrogen and oxygen atoms in total. The molecule has 76 valence electrons. The second-order valence-electron chi connectivity index (χ2n) is 3.19. The third-order valence-electron chi connectivity index (χ3n) is 2.05. The third-order valence-corrected chi connectivity index (χ3v) is 2.05. The number of hydrogen-bond acceptors (Lipinski definition) is 3. The third kappa shape index (κ3) is 2.05. The summed E-state index contributed by atoms with van der Waals surface area (Å²) in [5.74, 6) is 0.590. The average molecular weight is 193 g/mol. The molecule has 1 rings (SSSR count). The molecule has 0 bridgehead atoms. The summed E-state index contributed by atoms with van der Waals surface area (Å²) in [6, 6.07) is 3.47. The minimum atomic E-state index is -0.0276. The van der Waals surface area contributed by atoms with Gasteiger partial charge in [-0.25, -0.2) is 0 Å². The van der Waals surface area contributed by atoms with Crippen LogP contribution in [0.5, 0.6) is 5.75 Å². The van der Waals surface area contributed by atoms with Gasteiger partial charge in [-0.2, -0.15) is 0 Å². The van der Waals surface area contributed by atoms with Crippen molar-refractivity contribution in [1.29, 1.82) is 0 Å². The fourth-order valence-corrected chi connectivity index (χ4v) is 1.25. The van der Waals surface area contributed by atoms with E-state index in [-0.39, 0.29) is 5.78 Å². The van der Waals surface area contributed by atoms with E-state index < -0.39 is 0 Å². The first kappa shape index (κ1) is 10.6. The minimum absolute atomic E-state index is 0.0276. The first-order valence-electron chi connectivity index (χ1n) is 4.60. The molecule has 0 saturated carbocycles. The van der Waals surface area contributed by atoms with Gasteiger partial charge in [-0.1, -0.05) is 0 Å². The highest BCUT2D eigenvalue weighted by atomic mass is 16.5. The van der Waals surface area contributed by atoms with Crippen molar-refractivity contribution in [3.63, 3.8) is 0 Å². The van der Waals surface area contributed by atoms with Gasteiger partial charge in [0.25, 0.3) is 0 Å². The molecule has 3 heteroatoms. The predicted molar refractivity (Wildman–Crippen MR) is 56.8 cm³/mol. The number of ether oxygens (including phenoxy) is 1. The molecule has 0 aliphatic heterocycles. The first-order valence-corrected chi connectivity index (χ1v) is 4.60. The van der Waals surface area contributed by atoms with Crippen LogP contribution in [0.2, 0.25) is 0 Å². The maximum absolute atomic E-state index is 11.3. The standard InChI is InChI=1S/C11H15NO2/c1-4-14-11-5-7(2)10(12)6-9(11)8(3)13/h5-6H,4,12H2,1-3H3. The number of ketones is 1. The van der Waals surface area contributed by atoms with Crippen LogP contribution in [0.1, 0.15) is 29.8 Å². The Kier molecular flexibility index (Phi) is 3.12. The molecule has 0 aliphatic carbocycles. The molecule has 14 heavy (non-hydrogen) atoms.